The minimum absolute atomic E-state index is 0.292. The van der Waals surface area contributed by atoms with Gasteiger partial charge in [0, 0.05) is 28.0 Å². The third-order valence-electron chi connectivity index (χ3n) is 3.23. The molecule has 1 aliphatic heterocycles. The van der Waals surface area contributed by atoms with Gasteiger partial charge in [-0.25, -0.2) is 0 Å². The van der Waals surface area contributed by atoms with Crippen LogP contribution in [0.25, 0.3) is 0 Å². The number of benzene rings is 1. The summed E-state index contributed by atoms with van der Waals surface area (Å²) in [5, 5.41) is 1.37. The van der Waals surface area contributed by atoms with E-state index in [4.69, 9.17) is 5.73 Å². The Hall–Kier alpha value is -0.120. The van der Waals surface area contributed by atoms with Crippen LogP contribution in [-0.4, -0.2) is 28.0 Å². The molecule has 2 N–H and O–H groups in total. The van der Waals surface area contributed by atoms with Crippen molar-refractivity contribution in [2.24, 2.45) is 5.73 Å². The highest BCUT2D eigenvalue weighted by Crippen LogP contribution is 2.35. The van der Waals surface area contributed by atoms with Gasteiger partial charge in [0.15, 0.2) is 0 Å². The summed E-state index contributed by atoms with van der Waals surface area (Å²) in [6.45, 7) is 2.28. The van der Waals surface area contributed by atoms with E-state index in [0.29, 0.717) is 11.3 Å². The molecule has 0 amide bonds. The van der Waals surface area contributed by atoms with Crippen molar-refractivity contribution >= 4 is 23.5 Å². The Balaban J connectivity index is 1.96. The van der Waals surface area contributed by atoms with E-state index in [-0.39, 0.29) is 0 Å². The highest BCUT2D eigenvalue weighted by molar-refractivity contribution is 8.07. The molecule has 94 valence electrons. The normalized spacial score (nSPS) is 26.7. The molecule has 1 aliphatic rings. The maximum Gasteiger partial charge on any atom is 0.0321 e. The molecule has 1 aromatic carbocycles. The lowest BCUT2D eigenvalue weighted by Gasteiger charge is -2.34. The van der Waals surface area contributed by atoms with Crippen molar-refractivity contribution in [2.45, 2.75) is 36.3 Å². The van der Waals surface area contributed by atoms with Gasteiger partial charge in [0.2, 0.25) is 0 Å². The summed E-state index contributed by atoms with van der Waals surface area (Å²) in [5.41, 5.74) is 7.78. The lowest BCUT2D eigenvalue weighted by molar-refractivity contribution is 0.597. The molecule has 1 aromatic rings. The Morgan fingerprint density at radius 2 is 1.94 bits per heavy atom. The molecule has 3 heteroatoms. The second-order valence-electron chi connectivity index (χ2n) is 4.51. The zero-order valence-electron chi connectivity index (χ0n) is 10.3. The van der Waals surface area contributed by atoms with Crippen LogP contribution in [0.5, 0.6) is 0 Å². The molecule has 1 fully saturated rings. The van der Waals surface area contributed by atoms with Crippen LogP contribution in [0.3, 0.4) is 0 Å². The van der Waals surface area contributed by atoms with Crippen molar-refractivity contribution in [2.75, 3.05) is 11.5 Å². The van der Waals surface area contributed by atoms with Gasteiger partial charge in [-0.3, -0.25) is 0 Å². The van der Waals surface area contributed by atoms with E-state index in [9.17, 15) is 0 Å². The first-order valence-electron chi connectivity index (χ1n) is 6.34. The first-order chi connectivity index (χ1) is 8.31. The molecular formula is C14H21NS2. The third-order valence-corrected chi connectivity index (χ3v) is 6.66. The fourth-order valence-electron chi connectivity index (χ4n) is 2.34. The Morgan fingerprint density at radius 3 is 2.65 bits per heavy atom. The molecule has 3 atom stereocenters. The Bertz CT molecular complexity index is 328. The fraction of sp³-hybridized carbons (Fsp3) is 0.571. The predicted octanol–water partition coefficient (Wildman–Crippen LogP) is 3.18. The largest absolute Gasteiger partial charge is 0.326 e. The minimum Gasteiger partial charge on any atom is -0.326 e. The van der Waals surface area contributed by atoms with E-state index in [1.54, 1.807) is 0 Å². The first kappa shape index (κ1) is 13.3. The van der Waals surface area contributed by atoms with E-state index in [1.807, 2.05) is 0 Å². The van der Waals surface area contributed by atoms with Crippen LogP contribution in [0.4, 0.5) is 0 Å². The smallest absolute Gasteiger partial charge is 0.0321 e. The highest BCUT2D eigenvalue weighted by Gasteiger charge is 2.29. The number of thioether (sulfide) groups is 2. The fourth-order valence-corrected chi connectivity index (χ4v) is 5.53. The van der Waals surface area contributed by atoms with Gasteiger partial charge in [0.25, 0.3) is 0 Å². The van der Waals surface area contributed by atoms with Gasteiger partial charge in [0.1, 0.15) is 0 Å². The van der Waals surface area contributed by atoms with Crippen molar-refractivity contribution in [3.63, 3.8) is 0 Å². The average Bonchev–Trinajstić information content (AvgIpc) is 2.40. The molecule has 1 saturated heterocycles. The van der Waals surface area contributed by atoms with Crippen LogP contribution in [0.2, 0.25) is 0 Å². The van der Waals surface area contributed by atoms with Crippen molar-refractivity contribution in [1.29, 1.82) is 0 Å². The number of nitrogens with two attached hydrogens (primary N) is 1. The van der Waals surface area contributed by atoms with Crippen molar-refractivity contribution in [3.05, 3.63) is 35.9 Å². The molecular weight excluding hydrogens is 246 g/mol. The Kier molecular flexibility index (Phi) is 5.26. The quantitative estimate of drug-likeness (QED) is 0.907. The van der Waals surface area contributed by atoms with Crippen LogP contribution < -0.4 is 5.73 Å². The SMILES string of the molecule is CCC1SCCSC1C(N)Cc1ccccc1. The Labute approximate surface area is 113 Å². The van der Waals surface area contributed by atoms with Crippen molar-refractivity contribution in [3.8, 4) is 0 Å². The van der Waals surface area contributed by atoms with E-state index in [2.05, 4.69) is 60.8 Å². The molecule has 3 unspecified atom stereocenters. The van der Waals surface area contributed by atoms with Gasteiger partial charge in [0.05, 0.1) is 0 Å². The second kappa shape index (κ2) is 6.72. The molecule has 2 rings (SSSR count). The zero-order valence-corrected chi connectivity index (χ0v) is 12.0. The van der Waals surface area contributed by atoms with E-state index in [0.717, 1.165) is 11.7 Å². The topological polar surface area (TPSA) is 26.0 Å². The molecule has 0 aromatic heterocycles. The van der Waals surface area contributed by atoms with E-state index < -0.39 is 0 Å². The molecule has 0 saturated carbocycles. The first-order valence-corrected chi connectivity index (χ1v) is 8.43. The summed E-state index contributed by atoms with van der Waals surface area (Å²) in [6, 6.07) is 10.9. The van der Waals surface area contributed by atoms with Crippen molar-refractivity contribution < 1.29 is 0 Å². The van der Waals surface area contributed by atoms with Gasteiger partial charge >= 0.3 is 0 Å². The van der Waals surface area contributed by atoms with Crippen LogP contribution in [-0.2, 0) is 6.42 Å². The monoisotopic (exact) mass is 267 g/mol. The molecule has 0 radical (unpaired) electrons. The molecule has 0 spiro atoms. The highest BCUT2D eigenvalue weighted by atomic mass is 32.2. The van der Waals surface area contributed by atoms with Gasteiger partial charge in [-0.15, -0.1) is 0 Å². The predicted molar refractivity (Wildman–Crippen MR) is 80.9 cm³/mol. The maximum absolute atomic E-state index is 6.41. The van der Waals surface area contributed by atoms with Crippen LogP contribution >= 0.6 is 23.5 Å². The molecule has 1 nitrogen and oxygen atoms in total. The number of hydrogen-bond donors (Lipinski definition) is 1. The summed E-state index contributed by atoms with van der Waals surface area (Å²) in [5.74, 6) is 2.55. The van der Waals surface area contributed by atoms with Gasteiger partial charge < -0.3 is 5.73 Å². The summed E-state index contributed by atoms with van der Waals surface area (Å²) in [7, 11) is 0. The Morgan fingerprint density at radius 1 is 1.24 bits per heavy atom. The average molecular weight is 267 g/mol. The van der Waals surface area contributed by atoms with E-state index >= 15 is 0 Å². The lowest BCUT2D eigenvalue weighted by atomic mass is 10.0. The molecule has 1 heterocycles. The minimum atomic E-state index is 0.292. The van der Waals surface area contributed by atoms with Crippen LogP contribution in [0, 0.1) is 0 Å². The standard InChI is InChI=1S/C14H21NS2/c1-2-13-14(17-9-8-16-13)12(15)10-11-6-4-3-5-7-11/h3-7,12-14H,2,8-10,15H2,1H3. The second-order valence-corrected chi connectivity index (χ2v) is 7.14. The van der Waals surface area contributed by atoms with E-state index in [1.165, 1.54) is 23.5 Å². The van der Waals surface area contributed by atoms with Gasteiger partial charge in [-0.05, 0) is 18.4 Å². The summed E-state index contributed by atoms with van der Waals surface area (Å²) >= 11 is 4.19. The molecule has 0 bridgehead atoms. The molecule has 0 aliphatic carbocycles. The summed E-state index contributed by atoms with van der Waals surface area (Å²) < 4.78 is 0. The summed E-state index contributed by atoms with van der Waals surface area (Å²) in [6.07, 6.45) is 2.25. The lowest BCUT2D eigenvalue weighted by Crippen LogP contribution is -2.43. The third kappa shape index (κ3) is 3.67. The van der Waals surface area contributed by atoms with Crippen LogP contribution in [0.1, 0.15) is 18.9 Å². The maximum atomic E-state index is 6.41. The van der Waals surface area contributed by atoms with Gasteiger partial charge in [-0.1, -0.05) is 37.3 Å². The van der Waals surface area contributed by atoms with Gasteiger partial charge in [-0.2, -0.15) is 23.5 Å². The zero-order chi connectivity index (χ0) is 12.1. The number of hydrogen-bond acceptors (Lipinski definition) is 3. The summed E-state index contributed by atoms with van der Waals surface area (Å²) in [4.78, 5) is 0. The molecule has 17 heavy (non-hydrogen) atoms. The van der Waals surface area contributed by atoms with Crippen molar-refractivity contribution in [1.82, 2.24) is 0 Å². The number of rotatable bonds is 4. The van der Waals surface area contributed by atoms with Crippen LogP contribution in [0.15, 0.2) is 30.3 Å².